The Hall–Kier alpha value is -0.810. The van der Waals surface area contributed by atoms with Gasteiger partial charge in [-0.25, -0.2) is 8.42 Å². The molecule has 110 valence electrons. The van der Waals surface area contributed by atoms with Gasteiger partial charge in [-0.15, -0.1) is 0 Å². The highest BCUT2D eigenvalue weighted by molar-refractivity contribution is 7.91. The molecule has 8 heteroatoms. The molecular weight excluding hydrogens is 283 g/mol. The zero-order chi connectivity index (χ0) is 14.9. The van der Waals surface area contributed by atoms with Crippen molar-refractivity contribution < 1.29 is 26.7 Å². The van der Waals surface area contributed by atoms with Crippen LogP contribution in [0, 0.1) is 16.7 Å². The van der Waals surface area contributed by atoms with Crippen LogP contribution in [-0.2, 0) is 9.84 Å². The third-order valence-electron chi connectivity index (χ3n) is 3.67. The summed E-state index contributed by atoms with van der Waals surface area (Å²) < 4.78 is 59.1. The van der Waals surface area contributed by atoms with Crippen LogP contribution in [0.1, 0.15) is 32.6 Å². The van der Waals surface area contributed by atoms with Crippen LogP contribution in [-0.4, -0.2) is 36.8 Å². The van der Waals surface area contributed by atoms with E-state index in [4.69, 9.17) is 5.26 Å². The maximum absolute atomic E-state index is 12.1. The molecule has 0 saturated carbocycles. The lowest BCUT2D eigenvalue weighted by atomic mass is 9.71. The van der Waals surface area contributed by atoms with Gasteiger partial charge in [0, 0.05) is 6.42 Å². The van der Waals surface area contributed by atoms with Crippen molar-refractivity contribution in [2.45, 2.75) is 44.4 Å². The van der Waals surface area contributed by atoms with Crippen molar-refractivity contribution in [2.75, 3.05) is 11.5 Å². The fourth-order valence-electron chi connectivity index (χ4n) is 2.36. The van der Waals surface area contributed by atoms with E-state index in [-0.39, 0.29) is 25.0 Å². The molecule has 0 aromatic carbocycles. The van der Waals surface area contributed by atoms with E-state index < -0.39 is 39.2 Å². The second kappa shape index (κ2) is 4.94. The van der Waals surface area contributed by atoms with E-state index in [0.29, 0.717) is 0 Å². The van der Waals surface area contributed by atoms with Crippen LogP contribution in [0.4, 0.5) is 13.2 Å². The summed E-state index contributed by atoms with van der Waals surface area (Å²) in [5.41, 5.74) is -3.24. The molecule has 0 bridgehead atoms. The summed E-state index contributed by atoms with van der Waals surface area (Å²) >= 11 is 0. The lowest BCUT2D eigenvalue weighted by Gasteiger charge is -2.36. The SMILES string of the molecule is CC(O)(CCCC(F)(F)F)C1(C#N)CCS(=O)(=O)C1. The number of nitriles is 1. The average molecular weight is 299 g/mol. The number of hydrogen-bond acceptors (Lipinski definition) is 4. The summed E-state index contributed by atoms with van der Waals surface area (Å²) in [5.74, 6) is -0.703. The highest BCUT2D eigenvalue weighted by Gasteiger charge is 2.54. The van der Waals surface area contributed by atoms with Crippen molar-refractivity contribution in [3.05, 3.63) is 0 Å². The minimum Gasteiger partial charge on any atom is -0.388 e. The third-order valence-corrected chi connectivity index (χ3v) is 5.43. The smallest absolute Gasteiger partial charge is 0.388 e. The van der Waals surface area contributed by atoms with Gasteiger partial charge >= 0.3 is 6.18 Å². The number of sulfone groups is 1. The topological polar surface area (TPSA) is 78.2 Å². The molecule has 0 radical (unpaired) electrons. The van der Waals surface area contributed by atoms with Gasteiger partial charge < -0.3 is 5.11 Å². The normalized spacial score (nSPS) is 29.7. The Balaban J connectivity index is 2.78. The zero-order valence-corrected chi connectivity index (χ0v) is 11.3. The van der Waals surface area contributed by atoms with Crippen molar-refractivity contribution in [2.24, 2.45) is 5.41 Å². The van der Waals surface area contributed by atoms with E-state index in [1.54, 1.807) is 0 Å². The molecule has 0 aliphatic carbocycles. The second-order valence-electron chi connectivity index (χ2n) is 5.28. The van der Waals surface area contributed by atoms with E-state index in [1.807, 2.05) is 6.07 Å². The predicted molar refractivity (Wildman–Crippen MR) is 61.8 cm³/mol. The van der Waals surface area contributed by atoms with E-state index in [2.05, 4.69) is 0 Å². The molecule has 1 fully saturated rings. The Kier molecular flexibility index (Phi) is 4.23. The third kappa shape index (κ3) is 3.83. The fourth-order valence-corrected chi connectivity index (χ4v) is 4.43. The molecular formula is C11H16F3NO3S. The first kappa shape index (κ1) is 16.2. The number of rotatable bonds is 4. The zero-order valence-electron chi connectivity index (χ0n) is 10.5. The van der Waals surface area contributed by atoms with Crippen LogP contribution >= 0.6 is 0 Å². The number of alkyl halides is 3. The first-order chi connectivity index (χ1) is 8.43. The Morgan fingerprint density at radius 1 is 1.37 bits per heavy atom. The number of halogens is 3. The maximum atomic E-state index is 12.1. The van der Waals surface area contributed by atoms with Gasteiger partial charge in [0.05, 0.1) is 23.2 Å². The monoisotopic (exact) mass is 299 g/mol. The lowest BCUT2D eigenvalue weighted by Crippen LogP contribution is -2.46. The molecule has 19 heavy (non-hydrogen) atoms. The van der Waals surface area contributed by atoms with Crippen LogP contribution in [0.3, 0.4) is 0 Å². The molecule has 2 unspecified atom stereocenters. The first-order valence-electron chi connectivity index (χ1n) is 5.84. The Bertz CT molecular complexity index is 478. The van der Waals surface area contributed by atoms with Crippen LogP contribution in [0.5, 0.6) is 0 Å². The van der Waals surface area contributed by atoms with Crippen molar-refractivity contribution in [3.8, 4) is 6.07 Å². The van der Waals surface area contributed by atoms with Crippen molar-refractivity contribution in [1.29, 1.82) is 5.26 Å². The number of hydrogen-bond donors (Lipinski definition) is 1. The average Bonchev–Trinajstić information content (AvgIpc) is 2.53. The lowest BCUT2D eigenvalue weighted by molar-refractivity contribution is -0.139. The first-order valence-corrected chi connectivity index (χ1v) is 7.66. The molecule has 4 nitrogen and oxygen atoms in total. The summed E-state index contributed by atoms with van der Waals surface area (Å²) in [6.45, 7) is 1.24. The molecule has 1 saturated heterocycles. The number of aliphatic hydroxyl groups is 1. The summed E-state index contributed by atoms with van der Waals surface area (Å²) in [7, 11) is -3.41. The van der Waals surface area contributed by atoms with Crippen LogP contribution in [0.2, 0.25) is 0 Å². The van der Waals surface area contributed by atoms with Crippen molar-refractivity contribution >= 4 is 9.84 Å². The largest absolute Gasteiger partial charge is 0.389 e. The molecule has 0 spiro atoms. The molecule has 1 rings (SSSR count). The molecule has 1 aliphatic heterocycles. The summed E-state index contributed by atoms with van der Waals surface area (Å²) in [6, 6.07) is 1.81. The summed E-state index contributed by atoms with van der Waals surface area (Å²) in [5, 5.41) is 19.4. The Morgan fingerprint density at radius 2 is 1.95 bits per heavy atom. The van der Waals surface area contributed by atoms with Gasteiger partial charge in [0.1, 0.15) is 5.41 Å². The van der Waals surface area contributed by atoms with Gasteiger partial charge in [0.2, 0.25) is 0 Å². The van der Waals surface area contributed by atoms with Gasteiger partial charge in [-0.1, -0.05) is 0 Å². The van der Waals surface area contributed by atoms with Crippen LogP contribution in [0.25, 0.3) is 0 Å². The minimum atomic E-state index is -4.32. The second-order valence-corrected chi connectivity index (χ2v) is 7.46. The Morgan fingerprint density at radius 3 is 2.32 bits per heavy atom. The van der Waals surface area contributed by atoms with E-state index in [1.165, 1.54) is 6.92 Å². The fraction of sp³-hybridized carbons (Fsp3) is 0.909. The van der Waals surface area contributed by atoms with Crippen molar-refractivity contribution in [3.63, 3.8) is 0 Å². The predicted octanol–water partition coefficient (Wildman–Crippen LogP) is 1.80. The summed E-state index contributed by atoms with van der Waals surface area (Å²) in [6.07, 6.45) is -6.00. The van der Waals surface area contributed by atoms with Gasteiger partial charge in [0.15, 0.2) is 9.84 Å². The van der Waals surface area contributed by atoms with Gasteiger partial charge in [0.25, 0.3) is 0 Å². The molecule has 2 atom stereocenters. The quantitative estimate of drug-likeness (QED) is 0.858. The van der Waals surface area contributed by atoms with E-state index in [9.17, 15) is 26.7 Å². The van der Waals surface area contributed by atoms with Crippen molar-refractivity contribution in [1.82, 2.24) is 0 Å². The minimum absolute atomic E-state index is 0.0369. The Labute approximate surface area is 110 Å². The van der Waals surface area contributed by atoms with Gasteiger partial charge in [-0.05, 0) is 26.2 Å². The van der Waals surface area contributed by atoms with Gasteiger partial charge in [-0.3, -0.25) is 0 Å². The molecule has 1 aliphatic rings. The summed E-state index contributed by atoms with van der Waals surface area (Å²) in [4.78, 5) is 0. The molecule has 0 aromatic heterocycles. The maximum Gasteiger partial charge on any atom is 0.389 e. The molecule has 1 N–H and O–H groups in total. The standard InChI is InChI=1S/C11H16F3NO3S/c1-9(16,3-2-4-11(12,13)14)10(7-15)5-6-19(17,18)8-10/h16H,2-6,8H2,1H3. The molecule has 0 amide bonds. The van der Waals surface area contributed by atoms with Gasteiger partial charge in [-0.2, -0.15) is 18.4 Å². The molecule has 1 heterocycles. The van der Waals surface area contributed by atoms with Crippen LogP contribution < -0.4 is 0 Å². The molecule has 0 aromatic rings. The van der Waals surface area contributed by atoms with E-state index in [0.717, 1.165) is 0 Å². The highest BCUT2D eigenvalue weighted by atomic mass is 32.2. The van der Waals surface area contributed by atoms with Crippen LogP contribution in [0.15, 0.2) is 0 Å². The van der Waals surface area contributed by atoms with E-state index >= 15 is 0 Å². The number of nitrogens with zero attached hydrogens (tertiary/aromatic N) is 1. The highest BCUT2D eigenvalue weighted by Crippen LogP contribution is 2.44.